The molecule has 3 N–H and O–H groups in total. The molecule has 0 aliphatic carbocycles. The number of benzene rings is 4. The van der Waals surface area contributed by atoms with Crippen LogP contribution in [0.4, 0.5) is 28.4 Å². The molecule has 0 fully saturated rings. The predicted molar refractivity (Wildman–Crippen MR) is 148 cm³/mol. The number of hydrogen-bond acceptors (Lipinski definition) is 4. The van der Waals surface area contributed by atoms with Gasteiger partial charge in [-0.05, 0) is 91.9 Å². The van der Waals surface area contributed by atoms with Crippen LogP contribution in [0.25, 0.3) is 10.9 Å². The van der Waals surface area contributed by atoms with E-state index in [0.717, 1.165) is 44.9 Å². The fourth-order valence-corrected chi connectivity index (χ4v) is 3.87. The second-order valence-electron chi connectivity index (χ2n) is 8.19. The number of carbonyl (C=O) groups excluding carboxylic acids is 1. The van der Waals surface area contributed by atoms with Crippen molar-refractivity contribution in [3.63, 3.8) is 0 Å². The zero-order valence-electron chi connectivity index (χ0n) is 19.7. The summed E-state index contributed by atoms with van der Waals surface area (Å²) in [5.74, 6) is 5.86. The standard InChI is InChI=1S/C31H24N4O/c1-2-6-22-9-18-29-28(21-22)30(19-20-32-29)34-26-12-10-23(11-13-26)31(36)35-27-16-14-25(15-17-27)33-24-7-4-3-5-8-24/h3-5,7-21,33H,1H3,(H,32,34)(H,35,36). The van der Waals surface area contributed by atoms with Gasteiger partial charge in [-0.1, -0.05) is 24.1 Å². The average molecular weight is 469 g/mol. The molecule has 0 atom stereocenters. The van der Waals surface area contributed by atoms with E-state index in [1.807, 2.05) is 97.9 Å². The zero-order chi connectivity index (χ0) is 24.7. The van der Waals surface area contributed by atoms with E-state index in [1.165, 1.54) is 0 Å². The molecule has 5 nitrogen and oxygen atoms in total. The van der Waals surface area contributed by atoms with Gasteiger partial charge in [0.2, 0.25) is 0 Å². The SMILES string of the molecule is CC#Cc1ccc2nccc(Nc3ccc(C(=O)Nc4ccc(Nc5ccccc5)cc4)cc3)c2c1. The van der Waals surface area contributed by atoms with Gasteiger partial charge in [-0.25, -0.2) is 0 Å². The Balaban J connectivity index is 1.25. The van der Waals surface area contributed by atoms with E-state index in [1.54, 1.807) is 18.3 Å². The Kier molecular flexibility index (Phi) is 6.59. The van der Waals surface area contributed by atoms with Gasteiger partial charge in [-0.2, -0.15) is 0 Å². The van der Waals surface area contributed by atoms with Gasteiger partial charge in [-0.15, -0.1) is 5.92 Å². The van der Waals surface area contributed by atoms with Crippen molar-refractivity contribution in [2.75, 3.05) is 16.0 Å². The number of fused-ring (bicyclic) bond motifs is 1. The van der Waals surface area contributed by atoms with Gasteiger partial charge < -0.3 is 16.0 Å². The highest BCUT2D eigenvalue weighted by atomic mass is 16.1. The molecule has 0 aliphatic rings. The van der Waals surface area contributed by atoms with Crippen LogP contribution in [0.15, 0.2) is 109 Å². The van der Waals surface area contributed by atoms with E-state index < -0.39 is 0 Å². The van der Waals surface area contributed by atoms with Gasteiger partial charge in [0.05, 0.1) is 5.52 Å². The molecule has 5 rings (SSSR count). The van der Waals surface area contributed by atoms with Gasteiger partial charge in [0.15, 0.2) is 0 Å². The summed E-state index contributed by atoms with van der Waals surface area (Å²) in [6.45, 7) is 1.82. The van der Waals surface area contributed by atoms with Crippen molar-refractivity contribution < 1.29 is 4.79 Å². The molecular formula is C31H24N4O. The Morgan fingerprint density at radius 3 is 2.14 bits per heavy atom. The monoisotopic (exact) mass is 468 g/mol. The fourth-order valence-electron chi connectivity index (χ4n) is 3.87. The van der Waals surface area contributed by atoms with Crippen molar-refractivity contribution in [1.82, 2.24) is 4.98 Å². The molecule has 5 aromatic rings. The first-order valence-electron chi connectivity index (χ1n) is 11.6. The maximum Gasteiger partial charge on any atom is 0.255 e. The third kappa shape index (κ3) is 5.35. The molecule has 0 saturated carbocycles. The molecule has 4 aromatic carbocycles. The molecule has 5 heteroatoms. The lowest BCUT2D eigenvalue weighted by Gasteiger charge is -2.11. The molecule has 0 bridgehead atoms. The second kappa shape index (κ2) is 10.5. The number of anilines is 5. The van der Waals surface area contributed by atoms with Gasteiger partial charge >= 0.3 is 0 Å². The third-order valence-electron chi connectivity index (χ3n) is 5.64. The lowest BCUT2D eigenvalue weighted by Crippen LogP contribution is -2.11. The number of rotatable bonds is 6. The topological polar surface area (TPSA) is 66.0 Å². The van der Waals surface area contributed by atoms with Crippen molar-refractivity contribution >= 4 is 45.2 Å². The van der Waals surface area contributed by atoms with E-state index in [-0.39, 0.29) is 5.91 Å². The maximum atomic E-state index is 12.8. The zero-order valence-corrected chi connectivity index (χ0v) is 19.7. The van der Waals surface area contributed by atoms with Crippen molar-refractivity contribution in [1.29, 1.82) is 0 Å². The summed E-state index contributed by atoms with van der Waals surface area (Å²) in [5.41, 5.74) is 6.91. The van der Waals surface area contributed by atoms with E-state index in [9.17, 15) is 4.79 Å². The summed E-state index contributed by atoms with van der Waals surface area (Å²) in [6.07, 6.45) is 1.78. The number of pyridine rings is 1. The van der Waals surface area contributed by atoms with E-state index in [4.69, 9.17) is 0 Å². The lowest BCUT2D eigenvalue weighted by atomic mass is 10.1. The summed E-state index contributed by atoms with van der Waals surface area (Å²) < 4.78 is 0. The van der Waals surface area contributed by atoms with Gasteiger partial charge in [-0.3, -0.25) is 9.78 Å². The molecule has 0 saturated heterocycles. The number of hydrogen-bond donors (Lipinski definition) is 3. The van der Waals surface area contributed by atoms with Crippen LogP contribution in [0.1, 0.15) is 22.8 Å². The molecule has 36 heavy (non-hydrogen) atoms. The highest BCUT2D eigenvalue weighted by Gasteiger charge is 2.08. The van der Waals surface area contributed by atoms with Crippen molar-refractivity contribution in [3.05, 3.63) is 120 Å². The van der Waals surface area contributed by atoms with Crippen LogP contribution >= 0.6 is 0 Å². The summed E-state index contributed by atoms with van der Waals surface area (Å²) in [6, 6.07) is 32.9. The van der Waals surface area contributed by atoms with Crippen molar-refractivity contribution in [2.24, 2.45) is 0 Å². The third-order valence-corrected chi connectivity index (χ3v) is 5.64. The number of amides is 1. The largest absolute Gasteiger partial charge is 0.356 e. The van der Waals surface area contributed by atoms with E-state index >= 15 is 0 Å². The molecule has 0 unspecified atom stereocenters. The van der Waals surface area contributed by atoms with E-state index in [2.05, 4.69) is 32.8 Å². The second-order valence-corrected chi connectivity index (χ2v) is 8.19. The van der Waals surface area contributed by atoms with Crippen LogP contribution in [0, 0.1) is 11.8 Å². The van der Waals surface area contributed by atoms with Crippen molar-refractivity contribution in [3.8, 4) is 11.8 Å². The molecule has 0 aliphatic heterocycles. The lowest BCUT2D eigenvalue weighted by molar-refractivity contribution is 0.102. The predicted octanol–water partition coefficient (Wildman–Crippen LogP) is 7.35. The minimum atomic E-state index is -0.164. The highest BCUT2D eigenvalue weighted by molar-refractivity contribution is 6.04. The molecule has 1 heterocycles. The van der Waals surface area contributed by atoms with Crippen LogP contribution in [0.5, 0.6) is 0 Å². The minimum Gasteiger partial charge on any atom is -0.356 e. The number of nitrogens with one attached hydrogen (secondary N) is 3. The number of carbonyl (C=O) groups is 1. The quantitative estimate of drug-likeness (QED) is 0.228. The van der Waals surface area contributed by atoms with Crippen LogP contribution in [0.2, 0.25) is 0 Å². The van der Waals surface area contributed by atoms with Crippen molar-refractivity contribution in [2.45, 2.75) is 6.92 Å². The van der Waals surface area contributed by atoms with Crippen LogP contribution in [0.3, 0.4) is 0 Å². The Hall–Kier alpha value is -5.08. The van der Waals surface area contributed by atoms with Crippen LogP contribution in [-0.4, -0.2) is 10.9 Å². The molecule has 0 spiro atoms. The Labute approximate surface area is 210 Å². The smallest absolute Gasteiger partial charge is 0.255 e. The summed E-state index contributed by atoms with van der Waals surface area (Å²) in [7, 11) is 0. The molecule has 0 radical (unpaired) electrons. The molecular weight excluding hydrogens is 444 g/mol. The van der Waals surface area contributed by atoms with Gasteiger partial charge in [0, 0.05) is 51.1 Å². The first-order chi connectivity index (χ1) is 17.7. The number of para-hydroxylation sites is 1. The summed E-state index contributed by atoms with van der Waals surface area (Å²) in [4.78, 5) is 17.2. The Morgan fingerprint density at radius 2 is 1.39 bits per heavy atom. The summed E-state index contributed by atoms with van der Waals surface area (Å²) >= 11 is 0. The van der Waals surface area contributed by atoms with Crippen LogP contribution in [-0.2, 0) is 0 Å². The summed E-state index contributed by atoms with van der Waals surface area (Å²) in [5, 5.41) is 10.7. The molecule has 174 valence electrons. The van der Waals surface area contributed by atoms with E-state index in [0.29, 0.717) is 5.56 Å². The average Bonchev–Trinajstić information content (AvgIpc) is 2.91. The molecule has 1 aromatic heterocycles. The maximum absolute atomic E-state index is 12.8. The van der Waals surface area contributed by atoms with Crippen LogP contribution < -0.4 is 16.0 Å². The van der Waals surface area contributed by atoms with Gasteiger partial charge in [0.1, 0.15) is 0 Å². The first kappa shape index (κ1) is 22.7. The first-order valence-corrected chi connectivity index (χ1v) is 11.6. The fraction of sp³-hybridized carbons (Fsp3) is 0.0323. The Bertz CT molecular complexity index is 1570. The highest BCUT2D eigenvalue weighted by Crippen LogP contribution is 2.26. The normalized spacial score (nSPS) is 10.2. The molecule has 1 amide bonds. The van der Waals surface area contributed by atoms with Gasteiger partial charge in [0.25, 0.3) is 5.91 Å². The minimum absolute atomic E-state index is 0.164. The number of aromatic nitrogens is 1. The number of nitrogens with zero attached hydrogens (tertiary/aromatic N) is 1. The Morgan fingerprint density at radius 1 is 0.722 bits per heavy atom.